The largest absolute Gasteiger partial charge is 0.355 e. The number of aryl methyl sites for hydroxylation is 2. The van der Waals surface area contributed by atoms with Gasteiger partial charge in [-0.2, -0.15) is 5.10 Å². The lowest BCUT2D eigenvalue weighted by Gasteiger charge is -2.04. The minimum absolute atomic E-state index is 0.173. The van der Waals surface area contributed by atoms with Gasteiger partial charge in [-0.25, -0.2) is 0 Å². The molecule has 0 atom stereocenters. The fourth-order valence-electron chi connectivity index (χ4n) is 2.40. The zero-order chi connectivity index (χ0) is 19.1. The van der Waals surface area contributed by atoms with E-state index in [2.05, 4.69) is 22.7 Å². The molecule has 2 aromatic rings. The molecule has 1 aromatic heterocycles. The molecule has 0 aliphatic carbocycles. The third-order valence-electron chi connectivity index (χ3n) is 3.88. The number of nitrogens with one attached hydrogen (secondary N) is 2. The summed E-state index contributed by atoms with van der Waals surface area (Å²) in [5, 5.41) is 10.2. The van der Waals surface area contributed by atoms with Gasteiger partial charge >= 0.3 is 0 Å². The van der Waals surface area contributed by atoms with E-state index in [0.29, 0.717) is 16.4 Å². The quantitative estimate of drug-likeness (QED) is 0.726. The maximum absolute atomic E-state index is 12.1. The molecule has 0 aliphatic heterocycles. The third-order valence-corrected chi connectivity index (χ3v) is 4.27. The Balaban J connectivity index is 2.03. The second-order valence-corrected chi connectivity index (χ2v) is 6.20. The summed E-state index contributed by atoms with van der Waals surface area (Å²) in [6.07, 6.45) is 5.14. The molecule has 2 N–H and O–H groups in total. The third kappa shape index (κ3) is 4.95. The first-order valence-electron chi connectivity index (χ1n) is 8.50. The van der Waals surface area contributed by atoms with E-state index in [9.17, 15) is 9.59 Å². The average Bonchev–Trinajstić information content (AvgIpc) is 2.91. The van der Waals surface area contributed by atoms with Crippen molar-refractivity contribution in [2.24, 2.45) is 0 Å². The minimum atomic E-state index is -0.283. The Bertz CT molecular complexity index is 810. The summed E-state index contributed by atoms with van der Waals surface area (Å²) >= 11 is 6.35. The fraction of sp³-hybridized carbons (Fsp3) is 0.316. The summed E-state index contributed by atoms with van der Waals surface area (Å²) in [6.45, 7) is 4.73. The Morgan fingerprint density at radius 3 is 2.58 bits per heavy atom. The summed E-state index contributed by atoms with van der Waals surface area (Å²) in [4.78, 5) is 23.6. The highest BCUT2D eigenvalue weighted by atomic mass is 35.5. The first-order chi connectivity index (χ1) is 12.5. The zero-order valence-electron chi connectivity index (χ0n) is 15.2. The van der Waals surface area contributed by atoms with Crippen molar-refractivity contribution in [1.82, 2.24) is 15.1 Å². The van der Waals surface area contributed by atoms with Gasteiger partial charge in [-0.3, -0.25) is 14.3 Å². The monoisotopic (exact) mass is 374 g/mol. The highest BCUT2D eigenvalue weighted by molar-refractivity contribution is 6.31. The summed E-state index contributed by atoms with van der Waals surface area (Å²) < 4.78 is 1.76. The van der Waals surface area contributed by atoms with Crippen molar-refractivity contribution in [3.8, 4) is 0 Å². The smallest absolute Gasteiger partial charge is 0.251 e. The number of rotatable bonds is 7. The van der Waals surface area contributed by atoms with E-state index in [1.165, 1.54) is 6.08 Å². The number of halogens is 1. The molecule has 0 fully saturated rings. The molecule has 2 amide bonds. The van der Waals surface area contributed by atoms with Crippen molar-refractivity contribution >= 4 is 35.2 Å². The number of nitrogens with zero attached hydrogens (tertiary/aromatic N) is 2. The van der Waals surface area contributed by atoms with E-state index in [-0.39, 0.29) is 11.8 Å². The number of amides is 2. The van der Waals surface area contributed by atoms with Crippen LogP contribution >= 0.6 is 11.6 Å². The SMILES string of the molecule is CCCCn1nc(C)c(/C=C/C(=O)Nc2ccc(C(=O)NC)cc2)c1Cl. The molecule has 26 heavy (non-hydrogen) atoms. The van der Waals surface area contributed by atoms with Crippen molar-refractivity contribution in [3.63, 3.8) is 0 Å². The summed E-state index contributed by atoms with van der Waals surface area (Å²) in [5.41, 5.74) is 2.66. The van der Waals surface area contributed by atoms with Crippen molar-refractivity contribution in [2.45, 2.75) is 33.2 Å². The van der Waals surface area contributed by atoms with Crippen LogP contribution in [0.4, 0.5) is 5.69 Å². The van der Waals surface area contributed by atoms with E-state index in [4.69, 9.17) is 11.6 Å². The molecule has 0 spiro atoms. The molecule has 0 unspecified atom stereocenters. The Hall–Kier alpha value is -2.60. The van der Waals surface area contributed by atoms with Crippen molar-refractivity contribution < 1.29 is 9.59 Å². The first-order valence-corrected chi connectivity index (χ1v) is 8.88. The standard InChI is InChI=1S/C19H23ClN4O2/c1-4-5-12-24-18(20)16(13(2)23-24)10-11-17(25)22-15-8-6-14(7-9-15)19(26)21-3/h6-11H,4-5,12H2,1-3H3,(H,21,26)(H,22,25)/b11-10+. The van der Waals surface area contributed by atoms with Crippen LogP contribution in [-0.2, 0) is 11.3 Å². The van der Waals surface area contributed by atoms with E-state index in [0.717, 1.165) is 30.6 Å². The molecule has 1 heterocycles. The molecule has 6 nitrogen and oxygen atoms in total. The molecule has 1 aromatic carbocycles. The summed E-state index contributed by atoms with van der Waals surface area (Å²) in [7, 11) is 1.57. The predicted molar refractivity (Wildman–Crippen MR) is 104 cm³/mol. The average molecular weight is 375 g/mol. The number of unbranched alkanes of at least 4 members (excludes halogenated alkanes) is 1. The Kier molecular flexibility index (Phi) is 6.97. The molecule has 138 valence electrons. The molecule has 7 heteroatoms. The van der Waals surface area contributed by atoms with Gasteiger partial charge in [0.1, 0.15) is 5.15 Å². The van der Waals surface area contributed by atoms with Gasteiger partial charge in [0.2, 0.25) is 5.91 Å². The number of benzene rings is 1. The fourth-order valence-corrected chi connectivity index (χ4v) is 2.73. The van der Waals surface area contributed by atoms with Gasteiger partial charge in [0.15, 0.2) is 0 Å². The van der Waals surface area contributed by atoms with Crippen LogP contribution in [0.2, 0.25) is 5.15 Å². The van der Waals surface area contributed by atoms with Crippen LogP contribution in [0.5, 0.6) is 0 Å². The summed E-state index contributed by atoms with van der Waals surface area (Å²) in [6, 6.07) is 6.66. The predicted octanol–water partition coefficient (Wildman–Crippen LogP) is 3.66. The number of aromatic nitrogens is 2. The summed E-state index contributed by atoms with van der Waals surface area (Å²) in [5.74, 6) is -0.456. The van der Waals surface area contributed by atoms with Crippen LogP contribution in [0.1, 0.15) is 41.4 Å². The van der Waals surface area contributed by atoms with Gasteiger partial charge in [-0.05, 0) is 43.7 Å². The van der Waals surface area contributed by atoms with Crippen LogP contribution in [0.3, 0.4) is 0 Å². The van der Waals surface area contributed by atoms with Crippen molar-refractivity contribution in [3.05, 3.63) is 52.3 Å². The molecule has 2 rings (SSSR count). The number of carbonyl (C=O) groups excluding carboxylic acids is 2. The molecule has 0 radical (unpaired) electrons. The highest BCUT2D eigenvalue weighted by Gasteiger charge is 2.11. The van der Waals surface area contributed by atoms with Gasteiger partial charge in [-0.1, -0.05) is 24.9 Å². The van der Waals surface area contributed by atoms with Crippen LogP contribution in [0, 0.1) is 6.92 Å². The van der Waals surface area contributed by atoms with E-state index >= 15 is 0 Å². The van der Waals surface area contributed by atoms with E-state index in [1.54, 1.807) is 42.1 Å². The minimum Gasteiger partial charge on any atom is -0.355 e. The number of carbonyl (C=O) groups is 2. The number of anilines is 1. The topological polar surface area (TPSA) is 76.0 Å². The zero-order valence-corrected chi connectivity index (χ0v) is 15.9. The Morgan fingerprint density at radius 2 is 1.96 bits per heavy atom. The van der Waals surface area contributed by atoms with Crippen LogP contribution < -0.4 is 10.6 Å². The second-order valence-electron chi connectivity index (χ2n) is 5.85. The lowest BCUT2D eigenvalue weighted by atomic mass is 10.2. The van der Waals surface area contributed by atoms with Crippen LogP contribution in [0.15, 0.2) is 30.3 Å². The van der Waals surface area contributed by atoms with Gasteiger partial charge in [-0.15, -0.1) is 0 Å². The maximum atomic E-state index is 12.1. The van der Waals surface area contributed by atoms with Crippen molar-refractivity contribution in [2.75, 3.05) is 12.4 Å². The van der Waals surface area contributed by atoms with Gasteiger partial charge in [0, 0.05) is 36.5 Å². The lowest BCUT2D eigenvalue weighted by Crippen LogP contribution is -2.17. The first kappa shape index (κ1) is 19.7. The van der Waals surface area contributed by atoms with E-state index < -0.39 is 0 Å². The highest BCUT2D eigenvalue weighted by Crippen LogP contribution is 2.22. The van der Waals surface area contributed by atoms with E-state index in [1.807, 2.05) is 6.92 Å². The molecular weight excluding hydrogens is 352 g/mol. The molecule has 0 bridgehead atoms. The number of hydrogen-bond donors (Lipinski definition) is 2. The normalized spacial score (nSPS) is 10.9. The molecule has 0 saturated heterocycles. The Morgan fingerprint density at radius 1 is 1.27 bits per heavy atom. The maximum Gasteiger partial charge on any atom is 0.251 e. The lowest BCUT2D eigenvalue weighted by molar-refractivity contribution is -0.111. The van der Waals surface area contributed by atoms with Gasteiger partial charge in [0.25, 0.3) is 5.91 Å². The van der Waals surface area contributed by atoms with Crippen LogP contribution in [0.25, 0.3) is 6.08 Å². The Labute approximate surface area is 158 Å². The molecule has 0 aliphatic rings. The van der Waals surface area contributed by atoms with Crippen molar-refractivity contribution in [1.29, 1.82) is 0 Å². The number of hydrogen-bond acceptors (Lipinski definition) is 3. The molecular formula is C19H23ClN4O2. The molecule has 0 saturated carbocycles. The second kappa shape index (κ2) is 9.20. The van der Waals surface area contributed by atoms with Gasteiger partial charge < -0.3 is 10.6 Å². The van der Waals surface area contributed by atoms with Gasteiger partial charge in [0.05, 0.1) is 5.69 Å². The van der Waals surface area contributed by atoms with Crippen LogP contribution in [-0.4, -0.2) is 28.6 Å².